The Balaban J connectivity index is 1.54. The van der Waals surface area contributed by atoms with Crippen LogP contribution in [0.2, 0.25) is 0 Å². The molecule has 6 heteroatoms. The molecule has 0 fully saturated rings. The monoisotopic (exact) mass is 430 g/mol. The van der Waals surface area contributed by atoms with Crippen molar-refractivity contribution in [3.8, 4) is 0 Å². The number of carboxylic acid groups (broad SMARTS) is 1. The molecule has 0 saturated heterocycles. The van der Waals surface area contributed by atoms with Gasteiger partial charge in [-0.3, -0.25) is 8.51 Å². The smallest absolute Gasteiger partial charge is 0.335 e. The van der Waals surface area contributed by atoms with Crippen molar-refractivity contribution in [3.05, 3.63) is 108 Å². The van der Waals surface area contributed by atoms with Crippen molar-refractivity contribution in [1.29, 1.82) is 0 Å². The van der Waals surface area contributed by atoms with Gasteiger partial charge in [0.05, 0.1) is 28.2 Å². The second-order valence-corrected chi connectivity index (χ2v) is 7.98. The number of hydrogen-bond donors (Lipinski definition) is 1. The van der Waals surface area contributed by atoms with Crippen LogP contribution in [0.3, 0.4) is 0 Å². The molecule has 0 aliphatic rings. The maximum absolute atomic E-state index is 12.1. The van der Waals surface area contributed by atoms with Crippen LogP contribution in [0.1, 0.15) is 21.5 Å². The third kappa shape index (κ3) is 4.66. The molecule has 4 aromatic rings. The molecule has 31 heavy (non-hydrogen) atoms. The molecule has 156 valence electrons. The summed E-state index contributed by atoms with van der Waals surface area (Å²) in [4.78, 5) is 11.0. The fraction of sp³-hybridized carbons (Fsp3) is 0.0800. The zero-order chi connectivity index (χ0) is 21.8. The van der Waals surface area contributed by atoms with Crippen molar-refractivity contribution >= 4 is 39.4 Å². The average molecular weight is 431 g/mol. The van der Waals surface area contributed by atoms with Gasteiger partial charge in [-0.15, -0.1) is 0 Å². The molecule has 0 bridgehead atoms. The van der Waals surface area contributed by atoms with E-state index in [1.807, 2.05) is 60.7 Å². The van der Waals surface area contributed by atoms with Crippen LogP contribution in [-0.4, -0.2) is 19.8 Å². The van der Waals surface area contributed by atoms with Crippen molar-refractivity contribution in [2.24, 2.45) is 0 Å². The highest BCUT2D eigenvalue weighted by Gasteiger charge is 2.13. The fourth-order valence-corrected chi connectivity index (χ4v) is 4.21. The maximum Gasteiger partial charge on any atom is 0.335 e. The molecule has 4 rings (SSSR count). The number of nitrogens with zero attached hydrogens (tertiary/aromatic N) is 1. The predicted molar refractivity (Wildman–Crippen MR) is 122 cm³/mol. The first-order valence-electron chi connectivity index (χ1n) is 9.81. The second-order valence-electron chi connectivity index (χ2n) is 7.18. The van der Waals surface area contributed by atoms with Crippen LogP contribution in [0.15, 0.2) is 91.0 Å². The van der Waals surface area contributed by atoms with Crippen molar-refractivity contribution in [2.75, 3.05) is 4.31 Å². The van der Waals surface area contributed by atoms with Crippen LogP contribution < -0.4 is 4.31 Å². The summed E-state index contributed by atoms with van der Waals surface area (Å²) < 4.78 is 25.5. The minimum Gasteiger partial charge on any atom is -0.755 e. The summed E-state index contributed by atoms with van der Waals surface area (Å²) in [6, 6.07) is 27.6. The molecular formula is C25H20NO4S-. The van der Waals surface area contributed by atoms with Gasteiger partial charge in [0.1, 0.15) is 0 Å². The van der Waals surface area contributed by atoms with Crippen molar-refractivity contribution in [2.45, 2.75) is 12.8 Å². The Labute approximate surface area is 183 Å². The number of carboxylic acids is 1. The zero-order valence-corrected chi connectivity index (χ0v) is 17.4. The zero-order valence-electron chi connectivity index (χ0n) is 16.6. The lowest BCUT2D eigenvalue weighted by atomic mass is 10.0. The van der Waals surface area contributed by atoms with E-state index in [1.165, 1.54) is 4.31 Å². The van der Waals surface area contributed by atoms with E-state index in [0.29, 0.717) is 11.4 Å². The van der Waals surface area contributed by atoms with E-state index >= 15 is 0 Å². The van der Waals surface area contributed by atoms with Crippen molar-refractivity contribution in [1.82, 2.24) is 0 Å². The number of hydrogen-bond acceptors (Lipinski definition) is 3. The summed E-state index contributed by atoms with van der Waals surface area (Å²) in [5.74, 6) is -0.936. The summed E-state index contributed by atoms with van der Waals surface area (Å²) in [6.07, 6.45) is 1.53. The molecule has 0 radical (unpaired) electrons. The summed E-state index contributed by atoms with van der Waals surface area (Å²) in [7, 11) is 0. The average Bonchev–Trinajstić information content (AvgIpc) is 2.79. The summed E-state index contributed by atoms with van der Waals surface area (Å²) in [5.41, 5.74) is 3.57. The molecule has 4 aromatic carbocycles. The SMILES string of the molecule is O=C(O)c1ccc(CCc2ccc(N(c3cccc4ccccc34)S(=O)[O-])cc2)cc1. The van der Waals surface area contributed by atoms with Crippen LogP contribution in [0.5, 0.6) is 0 Å². The molecule has 0 saturated carbocycles. The van der Waals surface area contributed by atoms with Gasteiger partial charge in [0.2, 0.25) is 0 Å². The predicted octanol–water partition coefficient (Wildman–Crippen LogP) is 5.26. The van der Waals surface area contributed by atoms with Crippen LogP contribution in [0.4, 0.5) is 11.4 Å². The number of aromatic carboxylic acids is 1. The Hall–Kier alpha value is -3.48. The number of benzene rings is 4. The van der Waals surface area contributed by atoms with Crippen molar-refractivity contribution in [3.63, 3.8) is 0 Å². The van der Waals surface area contributed by atoms with Gasteiger partial charge >= 0.3 is 5.97 Å². The van der Waals surface area contributed by atoms with Gasteiger partial charge in [-0.05, 0) is 59.7 Å². The van der Waals surface area contributed by atoms with Gasteiger partial charge in [-0.2, -0.15) is 0 Å². The van der Waals surface area contributed by atoms with Crippen LogP contribution >= 0.6 is 0 Å². The molecular weight excluding hydrogens is 410 g/mol. The number of aryl methyl sites for hydroxylation is 2. The van der Waals surface area contributed by atoms with E-state index in [4.69, 9.17) is 5.11 Å². The van der Waals surface area contributed by atoms with Crippen LogP contribution in [0, 0.1) is 0 Å². The van der Waals surface area contributed by atoms with Crippen molar-refractivity contribution < 1.29 is 18.7 Å². The number of anilines is 2. The third-order valence-electron chi connectivity index (χ3n) is 5.21. The summed E-state index contributed by atoms with van der Waals surface area (Å²) in [6.45, 7) is 0. The molecule has 0 heterocycles. The molecule has 0 aromatic heterocycles. The fourth-order valence-electron chi connectivity index (χ4n) is 3.59. The van der Waals surface area contributed by atoms with Gasteiger partial charge in [-0.25, -0.2) is 4.79 Å². The number of carbonyl (C=O) groups is 1. The lowest BCUT2D eigenvalue weighted by Gasteiger charge is -2.28. The molecule has 1 unspecified atom stereocenters. The highest BCUT2D eigenvalue weighted by atomic mass is 32.2. The Morgan fingerprint density at radius 2 is 1.39 bits per heavy atom. The molecule has 1 N–H and O–H groups in total. The minimum atomic E-state index is -2.47. The van der Waals surface area contributed by atoms with Crippen LogP contribution in [-0.2, 0) is 24.1 Å². The van der Waals surface area contributed by atoms with E-state index in [-0.39, 0.29) is 5.56 Å². The lowest BCUT2D eigenvalue weighted by Crippen LogP contribution is -2.19. The Kier molecular flexibility index (Phi) is 6.11. The minimum absolute atomic E-state index is 0.271. The van der Waals surface area contributed by atoms with Gasteiger partial charge in [0, 0.05) is 5.39 Å². The van der Waals surface area contributed by atoms with Gasteiger partial charge in [0.15, 0.2) is 0 Å². The first-order chi connectivity index (χ1) is 15.0. The quantitative estimate of drug-likeness (QED) is 0.406. The molecule has 0 spiro atoms. The first-order valence-corrected chi connectivity index (χ1v) is 10.8. The molecule has 0 aliphatic heterocycles. The second kappa shape index (κ2) is 9.12. The highest BCUT2D eigenvalue weighted by Crippen LogP contribution is 2.33. The van der Waals surface area contributed by atoms with E-state index in [2.05, 4.69) is 0 Å². The third-order valence-corrected chi connectivity index (χ3v) is 5.91. The Morgan fingerprint density at radius 3 is 2.00 bits per heavy atom. The van der Waals surface area contributed by atoms with E-state index < -0.39 is 17.2 Å². The highest BCUT2D eigenvalue weighted by molar-refractivity contribution is 7.81. The lowest BCUT2D eigenvalue weighted by molar-refractivity contribution is 0.0697. The molecule has 0 amide bonds. The maximum atomic E-state index is 12.1. The van der Waals surface area contributed by atoms with E-state index in [1.54, 1.807) is 30.3 Å². The van der Waals surface area contributed by atoms with Gasteiger partial charge in [0.25, 0.3) is 0 Å². The van der Waals surface area contributed by atoms with E-state index in [0.717, 1.165) is 34.7 Å². The standard InChI is InChI=1S/C25H21NO4S/c27-25(28)21-14-10-18(11-15-21)8-9-19-12-16-22(17-13-19)26(31(29)30)24-7-3-5-20-4-1-2-6-23(20)24/h1-7,10-17H,8-9H2,(H,27,28)(H,29,30)/p-1. The molecule has 0 aliphatic carbocycles. The van der Waals surface area contributed by atoms with Gasteiger partial charge < -0.3 is 9.66 Å². The number of rotatable bonds is 7. The molecule has 1 atom stereocenters. The first kappa shape index (κ1) is 20.8. The normalized spacial score (nSPS) is 11.9. The number of fused-ring (bicyclic) bond motifs is 1. The van der Waals surface area contributed by atoms with E-state index in [9.17, 15) is 13.6 Å². The Bertz CT molecular complexity index is 1230. The Morgan fingerprint density at radius 1 is 0.806 bits per heavy atom. The topological polar surface area (TPSA) is 80.7 Å². The largest absolute Gasteiger partial charge is 0.755 e. The van der Waals surface area contributed by atoms with Gasteiger partial charge in [-0.1, -0.05) is 60.7 Å². The summed E-state index contributed by atoms with van der Waals surface area (Å²) in [5, 5.41) is 10.8. The molecule has 5 nitrogen and oxygen atoms in total. The van der Waals surface area contributed by atoms with Crippen LogP contribution in [0.25, 0.3) is 10.8 Å². The summed E-state index contributed by atoms with van der Waals surface area (Å²) >= 11 is -2.47.